The normalized spacial score (nSPS) is 10.3. The van der Waals surface area contributed by atoms with Crippen LogP contribution in [0.1, 0.15) is 22.8 Å². The van der Waals surface area contributed by atoms with Crippen LogP contribution in [-0.2, 0) is 6.61 Å². The number of aliphatic hydroxyl groups is 1. The summed E-state index contributed by atoms with van der Waals surface area (Å²) in [6, 6.07) is 10.9. The number of aliphatic hydroxyl groups excluding tert-OH is 1. The maximum absolute atomic E-state index is 13.6. The number of carbonyl (C=O) groups excluding carboxylic acids is 1. The van der Waals surface area contributed by atoms with Crippen molar-refractivity contribution in [2.45, 2.75) is 13.5 Å². The number of rotatable bonds is 4. The van der Waals surface area contributed by atoms with Crippen LogP contribution in [0.25, 0.3) is 0 Å². The molecule has 0 heterocycles. The molecule has 3 nitrogen and oxygen atoms in total. The Kier molecular flexibility index (Phi) is 3.92. The summed E-state index contributed by atoms with van der Waals surface area (Å²) in [5.41, 5.74) is 0.687. The molecule has 0 saturated carbocycles. The number of ether oxygens (including phenoxy) is 1. The molecule has 0 fully saturated rings. The minimum Gasteiger partial charge on any atom is -0.457 e. The highest BCUT2D eigenvalue weighted by Gasteiger charge is 2.14. The van der Waals surface area contributed by atoms with E-state index in [9.17, 15) is 9.18 Å². The summed E-state index contributed by atoms with van der Waals surface area (Å²) in [7, 11) is 0. The molecular formula is C15H13FO3. The van der Waals surface area contributed by atoms with Gasteiger partial charge in [-0.3, -0.25) is 4.79 Å². The number of Topliss-reactive ketones (excluding diaryl/α,β-unsaturated/α-hetero) is 1. The predicted molar refractivity (Wildman–Crippen MR) is 68.8 cm³/mol. The van der Waals surface area contributed by atoms with E-state index in [1.54, 1.807) is 30.3 Å². The van der Waals surface area contributed by atoms with Gasteiger partial charge in [-0.15, -0.1) is 0 Å². The lowest BCUT2D eigenvalue weighted by molar-refractivity contribution is 0.101. The van der Waals surface area contributed by atoms with Crippen molar-refractivity contribution in [1.82, 2.24) is 0 Å². The van der Waals surface area contributed by atoms with Gasteiger partial charge in [-0.05, 0) is 36.8 Å². The van der Waals surface area contributed by atoms with E-state index in [-0.39, 0.29) is 23.7 Å². The van der Waals surface area contributed by atoms with Crippen molar-refractivity contribution in [3.63, 3.8) is 0 Å². The van der Waals surface area contributed by atoms with E-state index in [1.807, 2.05) is 0 Å². The van der Waals surface area contributed by atoms with E-state index in [2.05, 4.69) is 0 Å². The second-order valence-corrected chi connectivity index (χ2v) is 4.07. The molecule has 0 radical (unpaired) electrons. The zero-order valence-electron chi connectivity index (χ0n) is 10.4. The highest BCUT2D eigenvalue weighted by atomic mass is 19.1. The van der Waals surface area contributed by atoms with Gasteiger partial charge in [-0.2, -0.15) is 0 Å². The number of halogens is 1. The summed E-state index contributed by atoms with van der Waals surface area (Å²) in [4.78, 5) is 11.4. The summed E-state index contributed by atoms with van der Waals surface area (Å²) in [5, 5.41) is 8.94. The van der Waals surface area contributed by atoms with Gasteiger partial charge in [0.25, 0.3) is 0 Å². The van der Waals surface area contributed by atoms with Crippen LogP contribution in [0.3, 0.4) is 0 Å². The summed E-state index contributed by atoms with van der Waals surface area (Å²) in [5.74, 6) is -0.327. The number of hydrogen-bond acceptors (Lipinski definition) is 3. The van der Waals surface area contributed by atoms with E-state index in [0.29, 0.717) is 5.75 Å². The summed E-state index contributed by atoms with van der Waals surface area (Å²) in [6.07, 6.45) is 0. The summed E-state index contributed by atoms with van der Waals surface area (Å²) >= 11 is 0. The fourth-order valence-corrected chi connectivity index (χ4v) is 1.72. The van der Waals surface area contributed by atoms with E-state index < -0.39 is 5.82 Å². The van der Waals surface area contributed by atoms with E-state index >= 15 is 0 Å². The topological polar surface area (TPSA) is 46.5 Å². The van der Waals surface area contributed by atoms with Crippen LogP contribution >= 0.6 is 0 Å². The van der Waals surface area contributed by atoms with Crippen molar-refractivity contribution in [2.24, 2.45) is 0 Å². The molecule has 0 aliphatic rings. The molecule has 0 atom stereocenters. The van der Waals surface area contributed by atoms with Gasteiger partial charge in [0.1, 0.15) is 17.3 Å². The second kappa shape index (κ2) is 5.63. The molecule has 4 heteroatoms. The van der Waals surface area contributed by atoms with Gasteiger partial charge in [0.15, 0.2) is 5.78 Å². The lowest BCUT2D eigenvalue weighted by Crippen LogP contribution is -2.00. The Bertz CT molecular complexity index is 591. The molecule has 0 aliphatic carbocycles. The third-order valence-electron chi connectivity index (χ3n) is 2.66. The zero-order chi connectivity index (χ0) is 13.8. The molecule has 1 N–H and O–H groups in total. The van der Waals surface area contributed by atoms with E-state index in [4.69, 9.17) is 9.84 Å². The molecule has 98 valence electrons. The minimum atomic E-state index is -0.600. The molecule has 0 aliphatic heterocycles. The van der Waals surface area contributed by atoms with Crippen molar-refractivity contribution in [3.05, 3.63) is 59.4 Å². The lowest BCUT2D eigenvalue weighted by atomic mass is 10.1. The molecule has 0 bridgehead atoms. The molecule has 0 aromatic heterocycles. The quantitative estimate of drug-likeness (QED) is 0.858. The molecule has 0 unspecified atom stereocenters. The SMILES string of the molecule is CC(=O)c1c(F)cccc1Oc1ccc(CO)cc1. The van der Waals surface area contributed by atoms with Crippen molar-refractivity contribution >= 4 is 5.78 Å². The smallest absolute Gasteiger partial charge is 0.166 e. The standard InChI is InChI=1S/C15H13FO3/c1-10(18)15-13(16)3-2-4-14(15)19-12-7-5-11(9-17)6-8-12/h2-8,17H,9H2,1H3. The first-order valence-electron chi connectivity index (χ1n) is 5.79. The Morgan fingerprint density at radius 2 is 1.89 bits per heavy atom. The highest BCUT2D eigenvalue weighted by Crippen LogP contribution is 2.27. The van der Waals surface area contributed by atoms with Crippen LogP contribution in [0.4, 0.5) is 4.39 Å². The Hall–Kier alpha value is -2.20. The van der Waals surface area contributed by atoms with Gasteiger partial charge in [-0.25, -0.2) is 4.39 Å². The molecule has 0 amide bonds. The Labute approximate surface area is 110 Å². The van der Waals surface area contributed by atoms with Crippen LogP contribution in [0, 0.1) is 5.82 Å². The lowest BCUT2D eigenvalue weighted by Gasteiger charge is -2.10. The fraction of sp³-hybridized carbons (Fsp3) is 0.133. The zero-order valence-corrected chi connectivity index (χ0v) is 10.4. The van der Waals surface area contributed by atoms with Gasteiger partial charge in [0.2, 0.25) is 0 Å². The monoisotopic (exact) mass is 260 g/mol. The maximum atomic E-state index is 13.6. The van der Waals surface area contributed by atoms with Crippen molar-refractivity contribution in [3.8, 4) is 11.5 Å². The van der Waals surface area contributed by atoms with Crippen LogP contribution < -0.4 is 4.74 Å². The average molecular weight is 260 g/mol. The van der Waals surface area contributed by atoms with Gasteiger partial charge < -0.3 is 9.84 Å². The largest absolute Gasteiger partial charge is 0.457 e. The third kappa shape index (κ3) is 2.98. The van der Waals surface area contributed by atoms with E-state index in [1.165, 1.54) is 19.1 Å². The second-order valence-electron chi connectivity index (χ2n) is 4.07. The number of ketones is 1. The number of hydrogen-bond donors (Lipinski definition) is 1. The Morgan fingerprint density at radius 3 is 2.47 bits per heavy atom. The molecule has 0 spiro atoms. The first kappa shape index (κ1) is 13.2. The fourth-order valence-electron chi connectivity index (χ4n) is 1.72. The Balaban J connectivity index is 2.32. The predicted octanol–water partition coefficient (Wildman–Crippen LogP) is 3.31. The third-order valence-corrected chi connectivity index (χ3v) is 2.66. The Morgan fingerprint density at radius 1 is 1.21 bits per heavy atom. The first-order chi connectivity index (χ1) is 9.11. The minimum absolute atomic E-state index is 0.0566. The first-order valence-corrected chi connectivity index (χ1v) is 5.79. The number of carbonyl (C=O) groups is 1. The van der Waals surface area contributed by atoms with Gasteiger partial charge in [-0.1, -0.05) is 18.2 Å². The van der Waals surface area contributed by atoms with Gasteiger partial charge >= 0.3 is 0 Å². The molecule has 2 aromatic rings. The van der Waals surface area contributed by atoms with E-state index in [0.717, 1.165) is 5.56 Å². The van der Waals surface area contributed by atoms with Crippen LogP contribution in [-0.4, -0.2) is 10.9 Å². The molecule has 2 aromatic carbocycles. The van der Waals surface area contributed by atoms with Crippen LogP contribution in [0.2, 0.25) is 0 Å². The highest BCUT2D eigenvalue weighted by molar-refractivity contribution is 5.97. The number of benzene rings is 2. The van der Waals surface area contributed by atoms with Crippen molar-refractivity contribution in [2.75, 3.05) is 0 Å². The van der Waals surface area contributed by atoms with Gasteiger partial charge in [0, 0.05) is 0 Å². The molecule has 2 rings (SSSR count). The molecule has 0 saturated heterocycles. The summed E-state index contributed by atoms with van der Waals surface area (Å²) < 4.78 is 19.1. The van der Waals surface area contributed by atoms with Crippen molar-refractivity contribution in [1.29, 1.82) is 0 Å². The summed E-state index contributed by atoms with van der Waals surface area (Å²) in [6.45, 7) is 1.24. The van der Waals surface area contributed by atoms with Gasteiger partial charge in [0.05, 0.1) is 12.2 Å². The molecular weight excluding hydrogens is 247 g/mol. The van der Waals surface area contributed by atoms with Crippen LogP contribution in [0.15, 0.2) is 42.5 Å². The van der Waals surface area contributed by atoms with Crippen LogP contribution in [0.5, 0.6) is 11.5 Å². The molecule has 19 heavy (non-hydrogen) atoms. The average Bonchev–Trinajstić information content (AvgIpc) is 2.39. The maximum Gasteiger partial charge on any atom is 0.166 e. The van der Waals surface area contributed by atoms with Crippen molar-refractivity contribution < 1.29 is 19.0 Å².